The molecule has 0 saturated carbocycles. The van der Waals surface area contributed by atoms with Gasteiger partial charge in [-0.05, 0) is 34.5 Å². The summed E-state index contributed by atoms with van der Waals surface area (Å²) >= 11 is 0. The van der Waals surface area contributed by atoms with Crippen molar-refractivity contribution in [1.82, 2.24) is 15.0 Å². The Hall–Kier alpha value is -3.01. The molecule has 0 atom stereocenters. The van der Waals surface area contributed by atoms with Crippen LogP contribution in [0.3, 0.4) is 0 Å². The van der Waals surface area contributed by atoms with Crippen LogP contribution in [0.4, 0.5) is 0 Å². The fraction of sp³-hybridized carbons (Fsp3) is 0. The number of phenolic OH excluding ortho intramolecular Hbond substituents is 1. The van der Waals surface area contributed by atoms with Crippen molar-refractivity contribution in [3.8, 4) is 16.9 Å². The number of aromatic hydroxyl groups is 1. The quantitative estimate of drug-likeness (QED) is 0.576. The summed E-state index contributed by atoms with van der Waals surface area (Å²) in [4.78, 5) is 12.9. The zero-order valence-electron chi connectivity index (χ0n) is 11.1. The molecule has 2 aromatic carbocycles. The van der Waals surface area contributed by atoms with Crippen LogP contribution in [-0.2, 0) is 0 Å². The van der Waals surface area contributed by atoms with Crippen molar-refractivity contribution >= 4 is 21.8 Å². The second-order valence-corrected chi connectivity index (χ2v) is 4.86. The van der Waals surface area contributed by atoms with Crippen molar-refractivity contribution in [1.29, 1.82) is 0 Å². The van der Waals surface area contributed by atoms with Crippen LogP contribution in [0.5, 0.6) is 5.75 Å². The second kappa shape index (κ2) is 4.52. The number of fused-ring (bicyclic) bond motifs is 2. The van der Waals surface area contributed by atoms with Gasteiger partial charge in [0.15, 0.2) is 0 Å². The van der Waals surface area contributed by atoms with Gasteiger partial charge in [0.05, 0.1) is 11.7 Å². The summed E-state index contributed by atoms with van der Waals surface area (Å²) in [6.07, 6.45) is 6.87. The fourth-order valence-electron chi connectivity index (χ4n) is 2.51. The molecule has 2 aromatic heterocycles. The number of hydrogen-bond acceptors (Lipinski definition) is 4. The van der Waals surface area contributed by atoms with Gasteiger partial charge in [-0.25, -0.2) is 0 Å². The van der Waals surface area contributed by atoms with Crippen molar-refractivity contribution < 1.29 is 5.11 Å². The van der Waals surface area contributed by atoms with Gasteiger partial charge in [-0.2, -0.15) is 0 Å². The molecule has 0 aliphatic carbocycles. The Morgan fingerprint density at radius 2 is 1.62 bits per heavy atom. The highest BCUT2D eigenvalue weighted by Gasteiger charge is 2.07. The lowest BCUT2D eigenvalue weighted by atomic mass is 10.0. The summed E-state index contributed by atoms with van der Waals surface area (Å²) in [6.45, 7) is 0. The van der Waals surface area contributed by atoms with Crippen LogP contribution in [-0.4, -0.2) is 20.1 Å². The molecule has 4 rings (SSSR count). The van der Waals surface area contributed by atoms with Gasteiger partial charge in [0.1, 0.15) is 11.3 Å². The smallest absolute Gasteiger partial charge is 0.116 e. The Balaban J connectivity index is 1.98. The van der Waals surface area contributed by atoms with E-state index < -0.39 is 0 Å². The maximum atomic E-state index is 9.53. The van der Waals surface area contributed by atoms with E-state index in [1.807, 2.05) is 18.2 Å². The summed E-state index contributed by atoms with van der Waals surface area (Å²) in [7, 11) is 0. The van der Waals surface area contributed by atoms with Gasteiger partial charge in [0, 0.05) is 24.2 Å². The predicted octanol–water partition coefficient (Wildman–Crippen LogP) is 3.55. The molecule has 0 aliphatic heterocycles. The predicted molar refractivity (Wildman–Crippen MR) is 81.9 cm³/mol. The van der Waals surface area contributed by atoms with E-state index in [1.54, 1.807) is 36.9 Å². The summed E-state index contributed by atoms with van der Waals surface area (Å²) in [5, 5.41) is 11.6. The first-order chi connectivity index (χ1) is 10.3. The van der Waals surface area contributed by atoms with E-state index in [0.29, 0.717) is 0 Å². The molecule has 4 aromatic rings. The van der Waals surface area contributed by atoms with E-state index >= 15 is 0 Å². The lowest BCUT2D eigenvalue weighted by Crippen LogP contribution is -1.89. The number of pyridine rings is 1. The lowest BCUT2D eigenvalue weighted by molar-refractivity contribution is 0.476. The van der Waals surface area contributed by atoms with Crippen molar-refractivity contribution in [2.45, 2.75) is 0 Å². The number of rotatable bonds is 1. The average Bonchev–Trinajstić information content (AvgIpc) is 2.54. The Morgan fingerprint density at radius 3 is 2.57 bits per heavy atom. The largest absolute Gasteiger partial charge is 0.508 e. The molecular formula is C17H11N3O. The molecule has 0 aliphatic rings. The first-order valence-electron chi connectivity index (χ1n) is 6.59. The highest BCUT2D eigenvalue weighted by atomic mass is 16.3. The molecule has 0 saturated heterocycles. The summed E-state index contributed by atoms with van der Waals surface area (Å²) in [6, 6.07) is 11.4. The Kier molecular flexibility index (Phi) is 2.54. The molecule has 2 heterocycles. The third-order valence-electron chi connectivity index (χ3n) is 3.52. The molecule has 0 spiro atoms. The molecule has 4 nitrogen and oxygen atoms in total. The number of aromatic nitrogens is 3. The lowest BCUT2D eigenvalue weighted by Gasteiger charge is -2.06. The van der Waals surface area contributed by atoms with E-state index in [1.165, 1.54) is 0 Å². The number of nitrogens with zero attached hydrogens (tertiary/aromatic N) is 3. The van der Waals surface area contributed by atoms with Gasteiger partial charge >= 0.3 is 0 Å². The normalized spacial score (nSPS) is 11.0. The highest BCUT2D eigenvalue weighted by molar-refractivity contribution is 5.94. The minimum absolute atomic E-state index is 0.271. The molecular weight excluding hydrogens is 262 g/mol. The number of benzene rings is 2. The fourth-order valence-corrected chi connectivity index (χ4v) is 2.51. The maximum Gasteiger partial charge on any atom is 0.116 e. The van der Waals surface area contributed by atoms with Crippen molar-refractivity contribution in [3.63, 3.8) is 0 Å². The van der Waals surface area contributed by atoms with Gasteiger partial charge in [0.25, 0.3) is 0 Å². The molecule has 4 heteroatoms. The van der Waals surface area contributed by atoms with Gasteiger partial charge in [-0.3, -0.25) is 15.0 Å². The van der Waals surface area contributed by atoms with Crippen LogP contribution in [0.15, 0.2) is 61.2 Å². The molecule has 0 fully saturated rings. The minimum Gasteiger partial charge on any atom is -0.508 e. The van der Waals surface area contributed by atoms with Crippen LogP contribution in [0.25, 0.3) is 32.9 Å². The van der Waals surface area contributed by atoms with Crippen LogP contribution >= 0.6 is 0 Å². The third kappa shape index (κ3) is 1.97. The van der Waals surface area contributed by atoms with E-state index in [2.05, 4.69) is 21.0 Å². The Bertz CT molecular complexity index is 961. The van der Waals surface area contributed by atoms with Crippen molar-refractivity contribution in [2.75, 3.05) is 0 Å². The first-order valence-corrected chi connectivity index (χ1v) is 6.59. The van der Waals surface area contributed by atoms with E-state index in [9.17, 15) is 5.11 Å². The number of hydrogen-bond donors (Lipinski definition) is 1. The summed E-state index contributed by atoms with van der Waals surface area (Å²) in [5.41, 5.74) is 3.61. The van der Waals surface area contributed by atoms with Crippen molar-refractivity contribution in [3.05, 3.63) is 61.2 Å². The molecule has 21 heavy (non-hydrogen) atoms. The Labute approximate surface area is 120 Å². The monoisotopic (exact) mass is 273 g/mol. The van der Waals surface area contributed by atoms with Gasteiger partial charge < -0.3 is 5.11 Å². The second-order valence-electron chi connectivity index (χ2n) is 4.86. The van der Waals surface area contributed by atoms with Gasteiger partial charge in [-0.15, -0.1) is 0 Å². The SMILES string of the molecule is Oc1ccc2cc(-c3cncc4nccnc34)ccc2c1. The van der Waals surface area contributed by atoms with Gasteiger partial charge in [0.2, 0.25) is 0 Å². The maximum absolute atomic E-state index is 9.53. The Morgan fingerprint density at radius 1 is 0.810 bits per heavy atom. The van der Waals surface area contributed by atoms with E-state index in [0.717, 1.165) is 32.9 Å². The molecule has 100 valence electrons. The first kappa shape index (κ1) is 11.8. The van der Waals surface area contributed by atoms with E-state index in [-0.39, 0.29) is 5.75 Å². The highest BCUT2D eigenvalue weighted by Crippen LogP contribution is 2.29. The topological polar surface area (TPSA) is 58.9 Å². The minimum atomic E-state index is 0.271. The number of phenols is 1. The van der Waals surface area contributed by atoms with Crippen LogP contribution in [0, 0.1) is 0 Å². The van der Waals surface area contributed by atoms with Crippen LogP contribution < -0.4 is 0 Å². The molecule has 0 unspecified atom stereocenters. The molecule has 0 radical (unpaired) electrons. The summed E-state index contributed by atoms with van der Waals surface area (Å²) < 4.78 is 0. The van der Waals surface area contributed by atoms with Crippen LogP contribution in [0.1, 0.15) is 0 Å². The van der Waals surface area contributed by atoms with Crippen LogP contribution in [0.2, 0.25) is 0 Å². The van der Waals surface area contributed by atoms with Crippen molar-refractivity contribution in [2.24, 2.45) is 0 Å². The van der Waals surface area contributed by atoms with E-state index in [4.69, 9.17) is 0 Å². The zero-order chi connectivity index (χ0) is 14.2. The standard InChI is InChI=1S/C17H11N3O/c21-14-4-3-11-7-13(2-1-12(11)8-14)15-9-18-10-16-17(15)20-6-5-19-16/h1-10,21H. The van der Waals surface area contributed by atoms with Gasteiger partial charge in [-0.1, -0.05) is 18.2 Å². The molecule has 1 N–H and O–H groups in total. The molecule has 0 amide bonds. The third-order valence-corrected chi connectivity index (χ3v) is 3.52. The average molecular weight is 273 g/mol. The molecule has 0 bridgehead atoms. The zero-order valence-corrected chi connectivity index (χ0v) is 11.1. The summed E-state index contributed by atoms with van der Waals surface area (Å²) in [5.74, 6) is 0.271.